The molecule has 0 fully saturated rings. The van der Waals surface area contributed by atoms with Gasteiger partial charge in [0.2, 0.25) is 6.79 Å². The maximum absolute atomic E-state index is 12.2. The zero-order valence-electron chi connectivity index (χ0n) is 17.2. The quantitative estimate of drug-likeness (QED) is 0.506. The van der Waals surface area contributed by atoms with E-state index in [-0.39, 0.29) is 6.79 Å². The fraction of sp³-hybridized carbons (Fsp3) is 0.364. The number of amides is 2. The van der Waals surface area contributed by atoms with E-state index in [0.717, 1.165) is 42.5 Å². The van der Waals surface area contributed by atoms with Crippen molar-refractivity contribution in [2.45, 2.75) is 32.1 Å². The summed E-state index contributed by atoms with van der Waals surface area (Å²) in [5.74, 6) is -0.762. The van der Waals surface area contributed by atoms with E-state index in [4.69, 9.17) is 14.2 Å². The molecule has 9 nitrogen and oxygen atoms in total. The molecule has 1 aliphatic heterocycles. The van der Waals surface area contributed by atoms with Crippen LogP contribution in [0.5, 0.6) is 11.5 Å². The van der Waals surface area contributed by atoms with Crippen LogP contribution in [0.25, 0.3) is 0 Å². The molecule has 2 heterocycles. The van der Waals surface area contributed by atoms with Crippen molar-refractivity contribution in [2.24, 2.45) is 0 Å². The third-order valence-corrected chi connectivity index (χ3v) is 6.39. The first kappa shape index (κ1) is 21.6. The van der Waals surface area contributed by atoms with Gasteiger partial charge in [0.1, 0.15) is 17.6 Å². The summed E-state index contributed by atoms with van der Waals surface area (Å²) in [5, 5.41) is 15.1. The van der Waals surface area contributed by atoms with Crippen LogP contribution in [0.4, 0.5) is 5.00 Å². The number of anilines is 1. The highest BCUT2D eigenvalue weighted by Gasteiger charge is 2.21. The van der Waals surface area contributed by atoms with Crippen molar-refractivity contribution in [3.05, 3.63) is 39.8 Å². The van der Waals surface area contributed by atoms with E-state index in [1.54, 1.807) is 12.1 Å². The molecule has 2 N–H and O–H groups in total. The number of thiophene rings is 1. The van der Waals surface area contributed by atoms with Crippen molar-refractivity contribution in [1.82, 2.24) is 5.32 Å². The summed E-state index contributed by atoms with van der Waals surface area (Å²) < 4.78 is 15.4. The van der Waals surface area contributed by atoms with Crippen molar-refractivity contribution < 1.29 is 28.6 Å². The number of fused-ring (bicyclic) bond motifs is 2. The van der Waals surface area contributed by atoms with E-state index in [1.807, 2.05) is 0 Å². The largest absolute Gasteiger partial charge is 0.454 e. The van der Waals surface area contributed by atoms with Gasteiger partial charge >= 0.3 is 5.97 Å². The monoisotopic (exact) mass is 455 g/mol. The molecule has 4 rings (SSSR count). The van der Waals surface area contributed by atoms with E-state index in [9.17, 15) is 19.6 Å². The molecule has 10 heteroatoms. The highest BCUT2D eigenvalue weighted by molar-refractivity contribution is 7.16. The minimum atomic E-state index is -0.753. The molecule has 166 valence electrons. The number of aryl methyl sites for hydroxylation is 1. The van der Waals surface area contributed by atoms with Crippen molar-refractivity contribution >= 4 is 34.1 Å². The van der Waals surface area contributed by atoms with Crippen LogP contribution in [0.15, 0.2) is 18.2 Å². The molecule has 0 saturated heterocycles. The fourth-order valence-electron chi connectivity index (χ4n) is 3.60. The van der Waals surface area contributed by atoms with Crippen molar-refractivity contribution in [3.8, 4) is 17.6 Å². The summed E-state index contributed by atoms with van der Waals surface area (Å²) >= 11 is 1.41. The van der Waals surface area contributed by atoms with Crippen LogP contribution in [0.3, 0.4) is 0 Å². The molecule has 1 aliphatic carbocycles. The molecule has 1 aromatic heterocycles. The summed E-state index contributed by atoms with van der Waals surface area (Å²) in [6, 6.07) is 6.87. The molecular formula is C22H21N3O6S. The van der Waals surface area contributed by atoms with Crippen LogP contribution in [0.1, 0.15) is 45.6 Å². The molecule has 0 radical (unpaired) electrons. The van der Waals surface area contributed by atoms with E-state index in [2.05, 4.69) is 16.7 Å². The number of hydrogen-bond donors (Lipinski definition) is 2. The number of esters is 1. The molecule has 1 aromatic carbocycles. The van der Waals surface area contributed by atoms with Gasteiger partial charge in [-0.05, 0) is 49.4 Å². The summed E-state index contributed by atoms with van der Waals surface area (Å²) in [6.07, 6.45) is 4.98. The Hall–Kier alpha value is -3.58. The van der Waals surface area contributed by atoms with Crippen molar-refractivity contribution in [2.75, 3.05) is 25.3 Å². The van der Waals surface area contributed by atoms with Gasteiger partial charge in [0.15, 0.2) is 18.1 Å². The van der Waals surface area contributed by atoms with Crippen molar-refractivity contribution in [1.29, 1.82) is 5.26 Å². The molecule has 32 heavy (non-hydrogen) atoms. The molecule has 0 saturated carbocycles. The van der Waals surface area contributed by atoms with Crippen LogP contribution in [0.2, 0.25) is 0 Å². The Balaban J connectivity index is 1.25. The standard InChI is InChI=1S/C22H21N3O6S/c23-9-15-14-4-2-1-3-5-18(14)32-22(15)25-19(26)11-29-20(27)10-24-21(28)13-6-7-16-17(8-13)31-12-30-16/h6-8H,1-5,10-12H2,(H,24,28)(H,25,26). The Bertz CT molecular complexity index is 1100. The van der Waals surface area contributed by atoms with Crippen molar-refractivity contribution in [3.63, 3.8) is 0 Å². The van der Waals surface area contributed by atoms with E-state index in [1.165, 1.54) is 17.4 Å². The maximum atomic E-state index is 12.2. The smallest absolute Gasteiger partial charge is 0.325 e. The second kappa shape index (κ2) is 9.70. The SMILES string of the molecule is N#Cc1c(NC(=O)COC(=O)CNC(=O)c2ccc3c(c2)OCO3)sc2c1CCCCC2. The molecule has 0 atom stereocenters. The first-order valence-corrected chi connectivity index (χ1v) is 11.0. The molecule has 0 spiro atoms. The minimum Gasteiger partial charge on any atom is -0.454 e. The normalized spacial score (nSPS) is 14.0. The van der Waals surface area contributed by atoms with Crippen LogP contribution in [0, 0.1) is 11.3 Å². The van der Waals surface area contributed by atoms with Gasteiger partial charge in [-0.3, -0.25) is 14.4 Å². The number of nitrogens with zero attached hydrogens (tertiary/aromatic N) is 1. The Morgan fingerprint density at radius 1 is 1.12 bits per heavy atom. The second-order valence-corrected chi connectivity index (χ2v) is 8.45. The molecule has 0 bridgehead atoms. The predicted molar refractivity (Wildman–Crippen MR) is 115 cm³/mol. The fourth-order valence-corrected chi connectivity index (χ4v) is 4.86. The minimum absolute atomic E-state index is 0.0960. The second-order valence-electron chi connectivity index (χ2n) is 7.34. The summed E-state index contributed by atoms with van der Waals surface area (Å²) in [5.41, 5.74) is 1.83. The van der Waals surface area contributed by atoms with Gasteiger partial charge in [-0.25, -0.2) is 0 Å². The topological polar surface area (TPSA) is 127 Å². The predicted octanol–water partition coefficient (Wildman–Crippen LogP) is 2.53. The average Bonchev–Trinajstić information content (AvgIpc) is 3.32. The zero-order chi connectivity index (χ0) is 22.5. The van der Waals surface area contributed by atoms with Gasteiger partial charge in [0.25, 0.3) is 11.8 Å². The number of nitriles is 1. The van der Waals surface area contributed by atoms with Gasteiger partial charge in [0.05, 0.1) is 5.56 Å². The Labute approximate surface area is 188 Å². The molecule has 2 aromatic rings. The molecule has 2 aliphatic rings. The van der Waals surface area contributed by atoms with E-state index < -0.39 is 30.9 Å². The highest BCUT2D eigenvalue weighted by atomic mass is 32.1. The van der Waals surface area contributed by atoms with Gasteiger partial charge in [-0.1, -0.05) is 6.42 Å². The third kappa shape index (κ3) is 4.84. The number of benzene rings is 1. The Kier molecular flexibility index (Phi) is 6.56. The van der Waals surface area contributed by atoms with Gasteiger partial charge in [-0.15, -0.1) is 11.3 Å². The summed E-state index contributed by atoms with van der Waals surface area (Å²) in [6.45, 7) is -0.803. The molecule has 2 amide bonds. The number of carbonyl (C=O) groups is 3. The molecule has 0 unspecified atom stereocenters. The van der Waals surface area contributed by atoms with Gasteiger partial charge < -0.3 is 24.8 Å². The van der Waals surface area contributed by atoms with E-state index in [0.29, 0.717) is 27.6 Å². The lowest BCUT2D eigenvalue weighted by atomic mass is 10.1. The van der Waals surface area contributed by atoms with Crippen LogP contribution >= 0.6 is 11.3 Å². The first-order chi connectivity index (χ1) is 15.5. The number of hydrogen-bond acceptors (Lipinski definition) is 8. The van der Waals surface area contributed by atoms with Crippen LogP contribution in [-0.4, -0.2) is 37.7 Å². The molecular weight excluding hydrogens is 434 g/mol. The van der Waals surface area contributed by atoms with Gasteiger partial charge in [-0.2, -0.15) is 5.26 Å². The lowest BCUT2D eigenvalue weighted by Gasteiger charge is -2.07. The van der Waals surface area contributed by atoms with Crippen LogP contribution < -0.4 is 20.1 Å². The lowest BCUT2D eigenvalue weighted by molar-refractivity contribution is -0.146. The van der Waals surface area contributed by atoms with Gasteiger partial charge in [0, 0.05) is 10.4 Å². The Morgan fingerprint density at radius 2 is 1.94 bits per heavy atom. The van der Waals surface area contributed by atoms with Crippen LogP contribution in [-0.2, 0) is 27.2 Å². The first-order valence-electron chi connectivity index (χ1n) is 10.2. The van der Waals surface area contributed by atoms with E-state index >= 15 is 0 Å². The number of ether oxygens (including phenoxy) is 3. The number of carbonyl (C=O) groups excluding carboxylic acids is 3. The summed E-state index contributed by atoms with van der Waals surface area (Å²) in [7, 11) is 0. The number of rotatable bonds is 6. The summed E-state index contributed by atoms with van der Waals surface area (Å²) in [4.78, 5) is 37.5. The lowest BCUT2D eigenvalue weighted by Crippen LogP contribution is -2.32. The third-order valence-electron chi connectivity index (χ3n) is 5.18. The Morgan fingerprint density at radius 3 is 2.78 bits per heavy atom. The average molecular weight is 455 g/mol. The highest BCUT2D eigenvalue weighted by Crippen LogP contribution is 2.37. The zero-order valence-corrected chi connectivity index (χ0v) is 18.0. The number of nitrogens with one attached hydrogen (secondary N) is 2. The maximum Gasteiger partial charge on any atom is 0.325 e.